The maximum absolute atomic E-state index is 12.3. The Hall–Kier alpha value is -2.99. The Bertz CT molecular complexity index is 947. The number of hydrogen-bond acceptors (Lipinski definition) is 4. The monoisotopic (exact) mass is 455 g/mol. The molecule has 0 aliphatic carbocycles. The molecule has 0 aliphatic rings. The fourth-order valence-electron chi connectivity index (χ4n) is 2.58. The van der Waals surface area contributed by atoms with Crippen molar-refractivity contribution in [3.05, 3.63) is 82.8 Å². The van der Waals surface area contributed by atoms with Crippen molar-refractivity contribution in [1.29, 1.82) is 0 Å². The van der Waals surface area contributed by atoms with Gasteiger partial charge < -0.3 is 19.5 Å². The molecule has 1 amide bonds. The summed E-state index contributed by atoms with van der Waals surface area (Å²) in [6.07, 6.45) is 0. The van der Waals surface area contributed by atoms with Crippen molar-refractivity contribution in [2.45, 2.75) is 6.92 Å². The average Bonchev–Trinajstić information content (AvgIpc) is 2.72. The van der Waals surface area contributed by atoms with E-state index in [0.717, 1.165) is 15.8 Å². The van der Waals surface area contributed by atoms with Gasteiger partial charge >= 0.3 is 0 Å². The molecule has 6 heteroatoms. The van der Waals surface area contributed by atoms with Crippen LogP contribution in [0.4, 0.5) is 5.69 Å². The number of carbonyl (C=O) groups is 1. The summed E-state index contributed by atoms with van der Waals surface area (Å²) in [5.74, 6) is 1.72. The van der Waals surface area contributed by atoms with E-state index in [1.54, 1.807) is 12.1 Å². The number of ether oxygens (including phenoxy) is 3. The van der Waals surface area contributed by atoms with Gasteiger partial charge in [-0.2, -0.15) is 0 Å². The normalized spacial score (nSPS) is 10.3. The van der Waals surface area contributed by atoms with Crippen LogP contribution in [-0.2, 0) is 4.79 Å². The first-order valence-corrected chi connectivity index (χ1v) is 9.99. The summed E-state index contributed by atoms with van der Waals surface area (Å²) in [5.41, 5.74) is 1.69. The molecule has 0 saturated carbocycles. The topological polar surface area (TPSA) is 56.8 Å². The number of rotatable bonds is 9. The largest absolute Gasteiger partial charge is 0.490 e. The van der Waals surface area contributed by atoms with Gasteiger partial charge in [0.25, 0.3) is 5.91 Å². The van der Waals surface area contributed by atoms with Crippen LogP contribution in [0.2, 0.25) is 0 Å². The van der Waals surface area contributed by atoms with Crippen LogP contribution in [0.25, 0.3) is 0 Å². The fourth-order valence-corrected chi connectivity index (χ4v) is 3.18. The molecule has 3 aromatic carbocycles. The van der Waals surface area contributed by atoms with Crippen molar-refractivity contribution >= 4 is 27.5 Å². The lowest BCUT2D eigenvalue weighted by Gasteiger charge is -2.14. The highest BCUT2D eigenvalue weighted by Crippen LogP contribution is 2.26. The van der Waals surface area contributed by atoms with Crippen molar-refractivity contribution in [3.63, 3.8) is 0 Å². The molecule has 0 spiro atoms. The van der Waals surface area contributed by atoms with Crippen LogP contribution < -0.4 is 19.5 Å². The molecule has 0 bridgehead atoms. The van der Waals surface area contributed by atoms with Gasteiger partial charge in [-0.25, -0.2) is 0 Å². The number of anilines is 1. The Labute approximate surface area is 178 Å². The number of halogens is 1. The van der Waals surface area contributed by atoms with Crippen LogP contribution >= 0.6 is 15.9 Å². The fraction of sp³-hybridized carbons (Fsp3) is 0.174. The van der Waals surface area contributed by atoms with E-state index >= 15 is 0 Å². The van der Waals surface area contributed by atoms with E-state index in [2.05, 4.69) is 21.2 Å². The summed E-state index contributed by atoms with van der Waals surface area (Å²) in [7, 11) is 0. The van der Waals surface area contributed by atoms with Crippen LogP contribution in [-0.4, -0.2) is 25.7 Å². The zero-order valence-corrected chi connectivity index (χ0v) is 17.6. The van der Waals surface area contributed by atoms with Crippen molar-refractivity contribution < 1.29 is 19.0 Å². The minimum absolute atomic E-state index is 0.104. The lowest BCUT2D eigenvalue weighted by atomic mass is 10.2. The van der Waals surface area contributed by atoms with E-state index in [4.69, 9.17) is 14.2 Å². The molecule has 0 aliphatic heterocycles. The second-order valence-corrected chi connectivity index (χ2v) is 7.13. The van der Waals surface area contributed by atoms with Crippen LogP contribution in [0.3, 0.4) is 0 Å². The number of carbonyl (C=O) groups excluding carboxylic acids is 1. The molecular formula is C23H22BrNO4. The molecule has 3 aromatic rings. The Morgan fingerprint density at radius 2 is 1.59 bits per heavy atom. The van der Waals surface area contributed by atoms with Crippen LogP contribution in [0.15, 0.2) is 77.3 Å². The second-order valence-electron chi connectivity index (χ2n) is 6.28. The minimum Gasteiger partial charge on any atom is -0.490 e. The highest BCUT2D eigenvalue weighted by atomic mass is 79.9. The van der Waals surface area contributed by atoms with Crippen molar-refractivity contribution in [3.8, 4) is 17.2 Å². The number of nitrogens with one attached hydrogen (secondary N) is 1. The third-order valence-corrected chi connectivity index (χ3v) is 4.58. The van der Waals surface area contributed by atoms with E-state index < -0.39 is 0 Å². The zero-order valence-electron chi connectivity index (χ0n) is 16.1. The predicted octanol–water partition coefficient (Wildman–Crippen LogP) is 5.23. The minimum atomic E-state index is -0.269. The van der Waals surface area contributed by atoms with Gasteiger partial charge in [0.1, 0.15) is 30.5 Å². The lowest BCUT2D eigenvalue weighted by molar-refractivity contribution is -0.118. The van der Waals surface area contributed by atoms with Crippen molar-refractivity contribution in [2.24, 2.45) is 0 Å². The quantitative estimate of drug-likeness (QED) is 0.448. The van der Waals surface area contributed by atoms with Crippen molar-refractivity contribution in [2.75, 3.05) is 25.1 Å². The molecule has 150 valence electrons. The molecular weight excluding hydrogens is 434 g/mol. The Morgan fingerprint density at radius 3 is 2.38 bits per heavy atom. The molecule has 0 heterocycles. The van der Waals surface area contributed by atoms with Crippen LogP contribution in [0, 0.1) is 6.92 Å². The van der Waals surface area contributed by atoms with E-state index in [1.807, 2.05) is 67.6 Å². The van der Waals surface area contributed by atoms with Gasteiger partial charge in [0.15, 0.2) is 6.61 Å². The zero-order chi connectivity index (χ0) is 20.5. The van der Waals surface area contributed by atoms with Gasteiger partial charge in [-0.1, -0.05) is 36.4 Å². The maximum Gasteiger partial charge on any atom is 0.262 e. The highest BCUT2D eigenvalue weighted by Gasteiger charge is 2.10. The molecule has 5 nitrogen and oxygen atoms in total. The standard InChI is InChI=1S/C23H22BrNO4/c1-17-11-12-21(19(24)15-17)29-16-23(26)25-20-9-5-6-10-22(20)28-14-13-27-18-7-3-2-4-8-18/h2-12,15H,13-14,16H2,1H3,(H,25,26). The summed E-state index contributed by atoms with van der Waals surface area (Å²) in [4.78, 5) is 12.3. The Balaban J connectivity index is 1.49. The van der Waals surface area contributed by atoms with E-state index in [1.165, 1.54) is 0 Å². The number of hydrogen-bond donors (Lipinski definition) is 1. The highest BCUT2D eigenvalue weighted by molar-refractivity contribution is 9.10. The van der Waals surface area contributed by atoms with Gasteiger partial charge in [-0.15, -0.1) is 0 Å². The molecule has 29 heavy (non-hydrogen) atoms. The first-order valence-electron chi connectivity index (χ1n) is 9.20. The Kier molecular flexibility index (Phi) is 7.53. The maximum atomic E-state index is 12.3. The lowest BCUT2D eigenvalue weighted by Crippen LogP contribution is -2.21. The number of para-hydroxylation sites is 3. The van der Waals surface area contributed by atoms with Gasteiger partial charge in [0, 0.05) is 0 Å². The van der Waals surface area contributed by atoms with Crippen molar-refractivity contribution in [1.82, 2.24) is 0 Å². The van der Waals surface area contributed by atoms with E-state index in [9.17, 15) is 4.79 Å². The summed E-state index contributed by atoms with van der Waals surface area (Å²) in [6.45, 7) is 2.64. The van der Waals surface area contributed by atoms with Gasteiger partial charge in [-0.3, -0.25) is 4.79 Å². The number of benzene rings is 3. The van der Waals surface area contributed by atoms with Gasteiger partial charge in [0.2, 0.25) is 0 Å². The molecule has 0 aromatic heterocycles. The summed E-state index contributed by atoms with van der Waals surface area (Å²) in [5, 5.41) is 2.83. The molecule has 3 rings (SSSR count). The number of amides is 1. The van der Waals surface area contributed by atoms with E-state index in [0.29, 0.717) is 30.4 Å². The molecule has 1 N–H and O–H groups in total. The van der Waals surface area contributed by atoms with Crippen LogP contribution in [0.1, 0.15) is 5.56 Å². The number of aryl methyl sites for hydroxylation is 1. The molecule has 0 fully saturated rings. The van der Waals surface area contributed by atoms with Gasteiger partial charge in [-0.05, 0) is 64.8 Å². The average molecular weight is 456 g/mol. The first kappa shape index (κ1) is 20.7. The Morgan fingerprint density at radius 1 is 0.862 bits per heavy atom. The summed E-state index contributed by atoms with van der Waals surface area (Å²) >= 11 is 3.44. The third-order valence-electron chi connectivity index (χ3n) is 3.96. The van der Waals surface area contributed by atoms with Gasteiger partial charge in [0.05, 0.1) is 10.2 Å². The van der Waals surface area contributed by atoms with E-state index in [-0.39, 0.29) is 12.5 Å². The SMILES string of the molecule is Cc1ccc(OCC(=O)Nc2ccccc2OCCOc2ccccc2)c(Br)c1. The first-order chi connectivity index (χ1) is 14.1. The third kappa shape index (κ3) is 6.54. The molecule has 0 saturated heterocycles. The van der Waals surface area contributed by atoms with Crippen LogP contribution in [0.5, 0.6) is 17.2 Å². The molecule has 0 unspecified atom stereocenters. The summed E-state index contributed by atoms with van der Waals surface area (Å²) < 4.78 is 17.8. The smallest absolute Gasteiger partial charge is 0.262 e. The predicted molar refractivity (Wildman–Crippen MR) is 117 cm³/mol. The molecule has 0 atom stereocenters. The summed E-state index contributed by atoms with van der Waals surface area (Å²) in [6, 6.07) is 22.5. The molecule has 0 radical (unpaired) electrons. The second kappa shape index (κ2) is 10.5.